The van der Waals surface area contributed by atoms with E-state index < -0.39 is 0 Å². The van der Waals surface area contributed by atoms with Gasteiger partial charge < -0.3 is 10.2 Å². The first-order valence-electron chi connectivity index (χ1n) is 8.45. The molecule has 1 aromatic heterocycles. The Bertz CT molecular complexity index is 440. The molecule has 1 N–H and O–H groups in total. The summed E-state index contributed by atoms with van der Waals surface area (Å²) in [4.78, 5) is 16.2. The highest BCUT2D eigenvalue weighted by Crippen LogP contribution is 2.33. The van der Waals surface area contributed by atoms with E-state index in [0.717, 1.165) is 32.2 Å². The van der Waals surface area contributed by atoms with E-state index >= 15 is 0 Å². The van der Waals surface area contributed by atoms with Gasteiger partial charge in [0.25, 0.3) is 0 Å². The predicted octanol–water partition coefficient (Wildman–Crippen LogP) is 4.71. The van der Waals surface area contributed by atoms with E-state index in [2.05, 4.69) is 27.7 Å². The number of urea groups is 1. The molecule has 0 radical (unpaired) electrons. The molecule has 2 heterocycles. The molecule has 3 rings (SSSR count). The zero-order chi connectivity index (χ0) is 14.5. The number of hydrogen-bond acceptors (Lipinski definition) is 2. The van der Waals surface area contributed by atoms with Crippen LogP contribution in [-0.4, -0.2) is 23.5 Å². The number of rotatable bonds is 2. The summed E-state index contributed by atoms with van der Waals surface area (Å²) in [5, 5.41) is 5.42. The van der Waals surface area contributed by atoms with E-state index in [1.165, 1.54) is 37.0 Å². The van der Waals surface area contributed by atoms with Gasteiger partial charge in [-0.15, -0.1) is 11.3 Å². The number of nitrogens with zero attached hydrogens (tertiary/aromatic N) is 1. The van der Waals surface area contributed by atoms with Gasteiger partial charge in [0.1, 0.15) is 0 Å². The van der Waals surface area contributed by atoms with Crippen molar-refractivity contribution in [2.24, 2.45) is 0 Å². The molecule has 1 aliphatic carbocycles. The van der Waals surface area contributed by atoms with Gasteiger partial charge in [-0.05, 0) is 37.1 Å². The maximum atomic E-state index is 12.7. The van der Waals surface area contributed by atoms with Crippen LogP contribution in [0.2, 0.25) is 0 Å². The molecule has 0 unspecified atom stereocenters. The average molecular weight is 306 g/mol. The lowest BCUT2D eigenvalue weighted by molar-refractivity contribution is 0.170. The topological polar surface area (TPSA) is 32.3 Å². The van der Waals surface area contributed by atoms with Crippen LogP contribution in [0.1, 0.15) is 68.7 Å². The first-order valence-corrected chi connectivity index (χ1v) is 9.33. The van der Waals surface area contributed by atoms with Crippen molar-refractivity contribution in [3.05, 3.63) is 22.4 Å². The second-order valence-electron chi connectivity index (χ2n) is 6.36. The molecule has 0 bridgehead atoms. The van der Waals surface area contributed by atoms with Crippen LogP contribution in [-0.2, 0) is 0 Å². The van der Waals surface area contributed by atoms with Gasteiger partial charge in [0.05, 0.1) is 6.04 Å². The zero-order valence-corrected chi connectivity index (χ0v) is 13.5. The third-order valence-corrected chi connectivity index (χ3v) is 5.79. The number of amides is 2. The van der Waals surface area contributed by atoms with Crippen LogP contribution in [0.25, 0.3) is 0 Å². The number of nitrogens with one attached hydrogen (secondary N) is 1. The van der Waals surface area contributed by atoms with Gasteiger partial charge in [-0.1, -0.05) is 38.2 Å². The molecule has 0 spiro atoms. The van der Waals surface area contributed by atoms with Crippen LogP contribution in [0.4, 0.5) is 4.79 Å². The van der Waals surface area contributed by atoms with E-state index in [1.807, 2.05) is 0 Å². The lowest BCUT2D eigenvalue weighted by Gasteiger charge is -2.32. The Morgan fingerprint density at radius 2 is 1.86 bits per heavy atom. The van der Waals surface area contributed by atoms with Crippen LogP contribution >= 0.6 is 11.3 Å². The van der Waals surface area contributed by atoms with Crippen molar-refractivity contribution in [2.75, 3.05) is 6.54 Å². The lowest BCUT2D eigenvalue weighted by atomic mass is 9.96. The summed E-state index contributed by atoms with van der Waals surface area (Å²) in [7, 11) is 0. The predicted molar refractivity (Wildman–Crippen MR) is 87.6 cm³/mol. The van der Waals surface area contributed by atoms with Gasteiger partial charge in [0.2, 0.25) is 0 Å². The molecular weight excluding hydrogens is 280 g/mol. The molecule has 1 aliphatic heterocycles. The van der Waals surface area contributed by atoms with Gasteiger partial charge >= 0.3 is 6.03 Å². The largest absolute Gasteiger partial charge is 0.335 e. The summed E-state index contributed by atoms with van der Waals surface area (Å²) >= 11 is 1.78. The first-order chi connectivity index (χ1) is 10.3. The van der Waals surface area contributed by atoms with E-state index in [1.54, 1.807) is 11.3 Å². The van der Waals surface area contributed by atoms with Crippen molar-refractivity contribution in [3.8, 4) is 0 Å². The third kappa shape index (κ3) is 3.79. The summed E-state index contributed by atoms with van der Waals surface area (Å²) in [5.74, 6) is 0. The van der Waals surface area contributed by atoms with Crippen molar-refractivity contribution in [1.82, 2.24) is 10.2 Å². The second-order valence-corrected chi connectivity index (χ2v) is 7.34. The Hall–Kier alpha value is -1.03. The van der Waals surface area contributed by atoms with E-state index in [-0.39, 0.29) is 12.1 Å². The number of carbonyl (C=O) groups excluding carboxylic acids is 1. The summed E-state index contributed by atoms with van der Waals surface area (Å²) in [6.07, 6.45) is 10.9. The second kappa shape index (κ2) is 7.30. The summed E-state index contributed by atoms with van der Waals surface area (Å²) in [5.41, 5.74) is 0. The van der Waals surface area contributed by atoms with E-state index in [9.17, 15) is 4.79 Å². The molecule has 0 aromatic carbocycles. The Kier molecular flexibility index (Phi) is 5.17. The maximum absolute atomic E-state index is 12.7. The van der Waals surface area contributed by atoms with Gasteiger partial charge in [0, 0.05) is 17.5 Å². The van der Waals surface area contributed by atoms with Crippen LogP contribution in [0.15, 0.2) is 17.5 Å². The van der Waals surface area contributed by atoms with Crippen molar-refractivity contribution in [1.29, 1.82) is 0 Å². The third-order valence-electron chi connectivity index (χ3n) is 4.82. The van der Waals surface area contributed by atoms with Crippen LogP contribution < -0.4 is 5.32 Å². The van der Waals surface area contributed by atoms with Gasteiger partial charge in [0.15, 0.2) is 0 Å². The zero-order valence-electron chi connectivity index (χ0n) is 12.7. The average Bonchev–Trinajstić information content (AvgIpc) is 2.92. The van der Waals surface area contributed by atoms with Crippen molar-refractivity contribution < 1.29 is 4.79 Å². The Morgan fingerprint density at radius 1 is 1.10 bits per heavy atom. The molecule has 2 fully saturated rings. The Balaban J connectivity index is 1.68. The summed E-state index contributed by atoms with van der Waals surface area (Å²) < 4.78 is 0. The number of thiophene rings is 1. The van der Waals surface area contributed by atoms with E-state index in [0.29, 0.717) is 6.04 Å². The molecule has 21 heavy (non-hydrogen) atoms. The van der Waals surface area contributed by atoms with Crippen LogP contribution in [0, 0.1) is 0 Å². The highest BCUT2D eigenvalue weighted by atomic mass is 32.1. The number of hydrogen-bond donors (Lipinski definition) is 1. The standard InChI is InChI=1S/C17H26N2OS/c20-17(18-14-8-3-1-4-9-14)19-12-6-2-5-10-15(19)16-11-7-13-21-16/h7,11,13-15H,1-6,8-10,12H2,(H,18,20)/t15-/m0/s1. The van der Waals surface area contributed by atoms with Crippen LogP contribution in [0.3, 0.4) is 0 Å². The smallest absolute Gasteiger partial charge is 0.318 e. The summed E-state index contributed by atoms with van der Waals surface area (Å²) in [6, 6.07) is 5.14. The Morgan fingerprint density at radius 3 is 2.62 bits per heavy atom. The normalized spacial score (nSPS) is 24.6. The van der Waals surface area contributed by atoms with Crippen molar-refractivity contribution >= 4 is 17.4 Å². The number of likely N-dealkylation sites (tertiary alicyclic amines) is 1. The molecule has 4 heteroatoms. The SMILES string of the molecule is O=C(NC1CCCCC1)N1CCCCC[C@H]1c1cccs1. The van der Waals surface area contributed by atoms with E-state index in [4.69, 9.17) is 0 Å². The lowest BCUT2D eigenvalue weighted by Crippen LogP contribution is -2.46. The Labute approximate surface area is 131 Å². The van der Waals surface area contributed by atoms with Gasteiger partial charge in [-0.2, -0.15) is 0 Å². The maximum Gasteiger partial charge on any atom is 0.318 e. The molecule has 1 aromatic rings. The minimum absolute atomic E-state index is 0.169. The quantitative estimate of drug-likeness (QED) is 0.843. The van der Waals surface area contributed by atoms with Gasteiger partial charge in [-0.3, -0.25) is 0 Å². The molecular formula is C17H26N2OS. The first kappa shape index (κ1) is 14.9. The minimum Gasteiger partial charge on any atom is -0.335 e. The van der Waals surface area contributed by atoms with Crippen molar-refractivity contribution in [2.45, 2.75) is 69.9 Å². The minimum atomic E-state index is 0.169. The molecule has 1 saturated carbocycles. The highest BCUT2D eigenvalue weighted by Gasteiger charge is 2.28. The van der Waals surface area contributed by atoms with Crippen molar-refractivity contribution in [3.63, 3.8) is 0 Å². The molecule has 1 saturated heterocycles. The monoisotopic (exact) mass is 306 g/mol. The highest BCUT2D eigenvalue weighted by molar-refractivity contribution is 7.10. The fraction of sp³-hybridized carbons (Fsp3) is 0.706. The number of carbonyl (C=O) groups is 1. The molecule has 2 amide bonds. The molecule has 1 atom stereocenters. The summed E-state index contributed by atoms with van der Waals surface area (Å²) in [6.45, 7) is 0.904. The fourth-order valence-electron chi connectivity index (χ4n) is 3.63. The fourth-order valence-corrected chi connectivity index (χ4v) is 4.51. The molecule has 3 nitrogen and oxygen atoms in total. The molecule has 2 aliphatic rings. The molecule has 116 valence electrons. The van der Waals surface area contributed by atoms with Gasteiger partial charge in [-0.25, -0.2) is 4.79 Å². The van der Waals surface area contributed by atoms with Crippen LogP contribution in [0.5, 0.6) is 0 Å².